The number of hydrogen-bond donors (Lipinski definition) is 0. The van der Waals surface area contributed by atoms with Gasteiger partial charge >= 0.3 is 0 Å². The van der Waals surface area contributed by atoms with E-state index < -0.39 is 11.2 Å². The van der Waals surface area contributed by atoms with Crippen LogP contribution in [0.1, 0.15) is 20.8 Å². The quantitative estimate of drug-likeness (QED) is 0.288. The van der Waals surface area contributed by atoms with E-state index in [1.54, 1.807) is 21.6 Å². The SMILES string of the molecule is C=C(C)CSS/C=C(\C)C[S+]([O-])CC(=C)C. The summed E-state index contributed by atoms with van der Waals surface area (Å²) in [5, 5.41) is 2.07. The number of hydrogen-bond acceptors (Lipinski definition) is 3. The van der Waals surface area contributed by atoms with E-state index in [-0.39, 0.29) is 0 Å². The van der Waals surface area contributed by atoms with Gasteiger partial charge in [-0.3, -0.25) is 0 Å². The minimum Gasteiger partial charge on any atom is -0.616 e. The minimum atomic E-state index is -0.802. The summed E-state index contributed by atoms with van der Waals surface area (Å²) in [5.74, 6) is 2.21. The molecule has 1 unspecified atom stereocenters. The fraction of sp³-hybridized carbons (Fsp3) is 0.500. The second-order valence-corrected chi connectivity index (χ2v) is 7.66. The Bertz CT molecular complexity index is 271. The molecule has 0 fully saturated rings. The van der Waals surface area contributed by atoms with Crippen LogP contribution in [0.4, 0.5) is 0 Å². The Morgan fingerprint density at radius 3 is 2.31 bits per heavy atom. The van der Waals surface area contributed by atoms with Gasteiger partial charge in [-0.1, -0.05) is 40.3 Å². The lowest BCUT2D eigenvalue weighted by atomic mass is 10.4. The molecule has 0 radical (unpaired) electrons. The van der Waals surface area contributed by atoms with Gasteiger partial charge in [0.25, 0.3) is 0 Å². The van der Waals surface area contributed by atoms with E-state index in [4.69, 9.17) is 0 Å². The molecule has 1 nitrogen and oxygen atoms in total. The van der Waals surface area contributed by atoms with Crippen LogP contribution in [0.25, 0.3) is 0 Å². The van der Waals surface area contributed by atoms with Gasteiger partial charge in [0.2, 0.25) is 0 Å². The van der Waals surface area contributed by atoms with Crippen molar-refractivity contribution in [1.82, 2.24) is 0 Å². The van der Waals surface area contributed by atoms with E-state index in [1.807, 2.05) is 20.8 Å². The van der Waals surface area contributed by atoms with Crippen LogP contribution in [0.5, 0.6) is 0 Å². The van der Waals surface area contributed by atoms with Crippen LogP contribution in [0.3, 0.4) is 0 Å². The third-order valence-corrected chi connectivity index (χ3v) is 5.31. The highest BCUT2D eigenvalue weighted by atomic mass is 33.1. The van der Waals surface area contributed by atoms with Crippen molar-refractivity contribution in [3.63, 3.8) is 0 Å². The summed E-state index contributed by atoms with van der Waals surface area (Å²) < 4.78 is 11.6. The fourth-order valence-corrected chi connectivity index (χ4v) is 4.30. The van der Waals surface area contributed by atoms with Gasteiger partial charge in [0, 0.05) is 5.75 Å². The zero-order valence-corrected chi connectivity index (χ0v) is 12.7. The van der Waals surface area contributed by atoms with Crippen LogP contribution in [0, 0.1) is 0 Å². The van der Waals surface area contributed by atoms with Crippen molar-refractivity contribution >= 4 is 32.8 Å². The molecule has 0 bridgehead atoms. The lowest BCUT2D eigenvalue weighted by molar-refractivity contribution is 0.599. The lowest BCUT2D eigenvalue weighted by Gasteiger charge is -2.10. The normalized spacial score (nSPS) is 13.6. The summed E-state index contributed by atoms with van der Waals surface area (Å²) in [4.78, 5) is 0. The fourth-order valence-electron chi connectivity index (χ4n) is 0.865. The first-order chi connectivity index (χ1) is 7.41. The molecule has 0 saturated heterocycles. The van der Waals surface area contributed by atoms with Crippen molar-refractivity contribution in [2.24, 2.45) is 0 Å². The maximum atomic E-state index is 11.6. The second kappa shape index (κ2) is 9.28. The third-order valence-electron chi connectivity index (χ3n) is 1.42. The van der Waals surface area contributed by atoms with Crippen molar-refractivity contribution < 1.29 is 4.55 Å². The van der Waals surface area contributed by atoms with Crippen LogP contribution in [-0.2, 0) is 11.2 Å². The van der Waals surface area contributed by atoms with Crippen LogP contribution in [-0.4, -0.2) is 21.8 Å². The summed E-state index contributed by atoms with van der Waals surface area (Å²) in [6.07, 6.45) is 0. The molecule has 0 N–H and O–H groups in total. The van der Waals surface area contributed by atoms with Gasteiger partial charge in [-0.25, -0.2) is 0 Å². The molecule has 0 aliphatic rings. The number of rotatable bonds is 8. The van der Waals surface area contributed by atoms with Gasteiger partial charge < -0.3 is 4.55 Å². The first-order valence-corrected chi connectivity index (χ1v) is 8.86. The molecule has 92 valence electrons. The predicted molar refractivity (Wildman–Crippen MR) is 81.3 cm³/mol. The van der Waals surface area contributed by atoms with Crippen LogP contribution < -0.4 is 0 Å². The Labute approximate surface area is 110 Å². The first-order valence-electron chi connectivity index (χ1n) is 4.99. The van der Waals surface area contributed by atoms with Crippen molar-refractivity contribution in [1.29, 1.82) is 0 Å². The summed E-state index contributed by atoms with van der Waals surface area (Å²) in [6, 6.07) is 0. The average Bonchev–Trinajstić information content (AvgIpc) is 2.10. The smallest absolute Gasteiger partial charge is 0.127 e. The summed E-state index contributed by atoms with van der Waals surface area (Å²) in [5.41, 5.74) is 3.32. The Balaban J connectivity index is 3.77. The zero-order valence-electron chi connectivity index (χ0n) is 10.2. The Morgan fingerprint density at radius 1 is 1.19 bits per heavy atom. The van der Waals surface area contributed by atoms with Crippen molar-refractivity contribution in [3.8, 4) is 0 Å². The zero-order chi connectivity index (χ0) is 12.6. The molecule has 0 aliphatic heterocycles. The average molecular weight is 276 g/mol. The highest BCUT2D eigenvalue weighted by Gasteiger charge is 2.06. The van der Waals surface area contributed by atoms with E-state index in [9.17, 15) is 4.55 Å². The summed E-state index contributed by atoms with van der Waals surface area (Å²) in [7, 11) is 3.44. The Morgan fingerprint density at radius 2 is 1.81 bits per heavy atom. The molecule has 1 atom stereocenters. The summed E-state index contributed by atoms with van der Waals surface area (Å²) >= 11 is -0.802. The van der Waals surface area contributed by atoms with Crippen LogP contribution in [0.2, 0.25) is 0 Å². The van der Waals surface area contributed by atoms with Gasteiger partial charge in [-0.15, -0.1) is 0 Å². The van der Waals surface area contributed by atoms with Crippen LogP contribution >= 0.6 is 21.6 Å². The molecule has 0 aromatic rings. The minimum absolute atomic E-state index is 0.606. The lowest BCUT2D eigenvalue weighted by Crippen LogP contribution is -2.12. The van der Waals surface area contributed by atoms with E-state index in [0.29, 0.717) is 11.5 Å². The molecular formula is C12H20OS3. The largest absolute Gasteiger partial charge is 0.616 e. The topological polar surface area (TPSA) is 23.1 Å². The second-order valence-electron chi connectivity index (χ2n) is 3.97. The van der Waals surface area contributed by atoms with Gasteiger partial charge in [-0.05, 0) is 48.5 Å². The molecule has 0 aromatic carbocycles. The maximum Gasteiger partial charge on any atom is 0.127 e. The molecule has 4 heteroatoms. The molecule has 0 saturated carbocycles. The molecule has 0 aromatic heterocycles. The molecule has 0 heterocycles. The van der Waals surface area contributed by atoms with Crippen molar-refractivity contribution in [3.05, 3.63) is 35.3 Å². The molecule has 0 rings (SSSR count). The van der Waals surface area contributed by atoms with E-state index in [0.717, 1.165) is 11.3 Å². The van der Waals surface area contributed by atoms with Gasteiger partial charge in [0.1, 0.15) is 11.5 Å². The maximum absolute atomic E-state index is 11.6. The third kappa shape index (κ3) is 10.7. The standard InChI is InChI=1S/C12H20OS3/c1-10(2)6-14-15-7-12(5)9-16(13)8-11(3)4/h7H,1,3,6,8-9H2,2,4-5H3/b12-7+. The molecular weight excluding hydrogens is 256 g/mol. The van der Waals surface area contributed by atoms with Crippen molar-refractivity contribution in [2.75, 3.05) is 17.3 Å². The molecule has 0 spiro atoms. The molecule has 16 heavy (non-hydrogen) atoms. The predicted octanol–water partition coefficient (Wildman–Crippen LogP) is 4.17. The Hall–Kier alpha value is 0.230. The molecule has 0 aliphatic carbocycles. The Kier molecular flexibility index (Phi) is 9.41. The highest BCUT2D eigenvalue weighted by molar-refractivity contribution is 8.77. The summed E-state index contributed by atoms with van der Waals surface area (Å²) in [6.45, 7) is 13.6. The van der Waals surface area contributed by atoms with Gasteiger partial charge in [0.15, 0.2) is 0 Å². The van der Waals surface area contributed by atoms with E-state index >= 15 is 0 Å². The van der Waals surface area contributed by atoms with Gasteiger partial charge in [0.05, 0.1) is 0 Å². The van der Waals surface area contributed by atoms with Crippen LogP contribution in [0.15, 0.2) is 35.3 Å². The van der Waals surface area contributed by atoms with E-state index in [1.165, 1.54) is 11.1 Å². The molecule has 0 amide bonds. The van der Waals surface area contributed by atoms with E-state index in [2.05, 4.69) is 18.6 Å². The van der Waals surface area contributed by atoms with Crippen molar-refractivity contribution in [2.45, 2.75) is 20.8 Å². The first kappa shape index (κ1) is 16.2. The highest BCUT2D eigenvalue weighted by Crippen LogP contribution is 2.26. The monoisotopic (exact) mass is 276 g/mol. The van der Waals surface area contributed by atoms with Gasteiger partial charge in [-0.2, -0.15) is 0 Å².